The average molecular weight is 290 g/mol. The number of hydrogen-bond acceptors (Lipinski definition) is 4. The van der Waals surface area contributed by atoms with E-state index in [-0.39, 0.29) is 17.3 Å². The quantitative estimate of drug-likeness (QED) is 0.729. The Hall–Kier alpha value is -2.40. The monoisotopic (exact) mass is 289 g/mol. The van der Waals surface area contributed by atoms with Crippen molar-refractivity contribution in [2.45, 2.75) is 0 Å². The Kier molecular flexibility index (Phi) is 3.12. The largest absolute Gasteiger partial charge is 0.398 e. The van der Waals surface area contributed by atoms with Gasteiger partial charge in [0, 0.05) is 10.7 Å². The van der Waals surface area contributed by atoms with Crippen LogP contribution in [0.15, 0.2) is 47.0 Å². The Morgan fingerprint density at radius 2 is 1.90 bits per heavy atom. The van der Waals surface area contributed by atoms with Gasteiger partial charge in [0.05, 0.1) is 11.1 Å². The minimum Gasteiger partial charge on any atom is -0.398 e. The first-order valence-electron chi connectivity index (χ1n) is 5.79. The summed E-state index contributed by atoms with van der Waals surface area (Å²) in [5, 5.41) is 4.29. The summed E-state index contributed by atoms with van der Waals surface area (Å²) in [5.41, 5.74) is 7.10. The Labute approximate surface area is 119 Å². The van der Waals surface area contributed by atoms with E-state index in [0.29, 0.717) is 16.3 Å². The van der Waals surface area contributed by atoms with Gasteiger partial charge in [-0.3, -0.25) is 0 Å². The fourth-order valence-corrected chi connectivity index (χ4v) is 1.99. The van der Waals surface area contributed by atoms with Crippen molar-refractivity contribution in [2.75, 3.05) is 5.73 Å². The molecule has 0 atom stereocenters. The van der Waals surface area contributed by atoms with Crippen LogP contribution in [0.4, 0.5) is 10.1 Å². The number of nitrogen functional groups attached to an aromatic ring is 1. The van der Waals surface area contributed by atoms with Crippen molar-refractivity contribution in [3.8, 4) is 22.8 Å². The lowest BCUT2D eigenvalue weighted by atomic mass is 10.2. The summed E-state index contributed by atoms with van der Waals surface area (Å²) < 4.78 is 18.8. The normalized spacial score (nSPS) is 10.7. The molecule has 1 heterocycles. The third kappa shape index (κ3) is 2.23. The molecule has 100 valence electrons. The minimum atomic E-state index is -0.413. The molecule has 0 amide bonds. The van der Waals surface area contributed by atoms with Crippen molar-refractivity contribution in [2.24, 2.45) is 0 Å². The molecule has 2 aromatic carbocycles. The summed E-state index contributed by atoms with van der Waals surface area (Å²) >= 11 is 5.83. The van der Waals surface area contributed by atoms with Crippen molar-refractivity contribution >= 4 is 17.3 Å². The van der Waals surface area contributed by atoms with E-state index in [2.05, 4.69) is 10.1 Å². The number of rotatable bonds is 2. The lowest BCUT2D eigenvalue weighted by Gasteiger charge is -2.00. The van der Waals surface area contributed by atoms with Crippen molar-refractivity contribution < 1.29 is 8.91 Å². The summed E-state index contributed by atoms with van der Waals surface area (Å²) in [7, 11) is 0. The molecule has 3 rings (SSSR count). The Balaban J connectivity index is 2.04. The standard InChI is InChI=1S/C14H9ClFN3O/c15-8-5-6-10(12(17)7-8)14-18-13(19-20-14)9-3-1-2-4-11(9)16/h1-7H,17H2. The molecule has 0 saturated carbocycles. The molecule has 0 fully saturated rings. The second kappa shape index (κ2) is 4.94. The van der Waals surface area contributed by atoms with Crippen molar-refractivity contribution in [1.82, 2.24) is 10.1 Å². The molecule has 2 N–H and O–H groups in total. The van der Waals surface area contributed by atoms with Crippen LogP contribution in [0, 0.1) is 5.82 Å². The number of nitrogens with zero attached hydrogens (tertiary/aromatic N) is 2. The van der Waals surface area contributed by atoms with Crippen molar-refractivity contribution in [3.05, 3.63) is 53.3 Å². The third-order valence-electron chi connectivity index (χ3n) is 2.78. The van der Waals surface area contributed by atoms with Gasteiger partial charge in [-0.1, -0.05) is 28.9 Å². The molecule has 0 unspecified atom stereocenters. The Bertz CT molecular complexity index is 773. The maximum atomic E-state index is 13.7. The van der Waals surface area contributed by atoms with E-state index in [1.807, 2.05) is 0 Å². The smallest absolute Gasteiger partial charge is 0.260 e. The number of anilines is 1. The van der Waals surface area contributed by atoms with Gasteiger partial charge < -0.3 is 10.3 Å². The summed E-state index contributed by atoms with van der Waals surface area (Å²) in [6.45, 7) is 0. The molecule has 0 aliphatic carbocycles. The Morgan fingerprint density at radius 3 is 2.65 bits per heavy atom. The summed E-state index contributed by atoms with van der Waals surface area (Å²) in [4.78, 5) is 4.16. The molecular weight excluding hydrogens is 281 g/mol. The third-order valence-corrected chi connectivity index (χ3v) is 3.02. The van der Waals surface area contributed by atoms with Gasteiger partial charge in [0.25, 0.3) is 5.89 Å². The van der Waals surface area contributed by atoms with E-state index in [1.165, 1.54) is 6.07 Å². The number of benzene rings is 2. The van der Waals surface area contributed by atoms with Gasteiger partial charge in [-0.2, -0.15) is 4.98 Å². The van der Waals surface area contributed by atoms with Gasteiger partial charge in [0.1, 0.15) is 5.82 Å². The summed E-state index contributed by atoms with van der Waals surface area (Å²) in [6, 6.07) is 11.1. The molecule has 0 bridgehead atoms. The SMILES string of the molecule is Nc1cc(Cl)ccc1-c1nc(-c2ccccc2F)no1. The van der Waals surface area contributed by atoms with Crippen LogP contribution in [0.25, 0.3) is 22.8 Å². The predicted molar refractivity (Wildman–Crippen MR) is 74.6 cm³/mol. The maximum absolute atomic E-state index is 13.7. The zero-order valence-electron chi connectivity index (χ0n) is 10.2. The molecule has 0 radical (unpaired) electrons. The van der Waals surface area contributed by atoms with Gasteiger partial charge >= 0.3 is 0 Å². The van der Waals surface area contributed by atoms with Gasteiger partial charge in [0.15, 0.2) is 0 Å². The van der Waals surface area contributed by atoms with Crippen LogP contribution in [-0.2, 0) is 0 Å². The highest BCUT2D eigenvalue weighted by atomic mass is 35.5. The average Bonchev–Trinajstić information content (AvgIpc) is 2.88. The number of nitrogens with two attached hydrogens (primary N) is 1. The summed E-state index contributed by atoms with van der Waals surface area (Å²) in [6.07, 6.45) is 0. The first-order valence-corrected chi connectivity index (χ1v) is 6.17. The lowest BCUT2D eigenvalue weighted by molar-refractivity contribution is 0.432. The first-order chi connectivity index (χ1) is 9.65. The van der Waals surface area contributed by atoms with Crippen LogP contribution in [0.2, 0.25) is 5.02 Å². The van der Waals surface area contributed by atoms with E-state index >= 15 is 0 Å². The second-order valence-corrected chi connectivity index (χ2v) is 4.57. The number of aromatic nitrogens is 2. The highest BCUT2D eigenvalue weighted by molar-refractivity contribution is 6.31. The van der Waals surface area contributed by atoms with Crippen LogP contribution in [0.3, 0.4) is 0 Å². The molecular formula is C14H9ClFN3O. The molecule has 3 aromatic rings. The van der Waals surface area contributed by atoms with Crippen LogP contribution in [-0.4, -0.2) is 10.1 Å². The van der Waals surface area contributed by atoms with Crippen LogP contribution in [0.5, 0.6) is 0 Å². The fourth-order valence-electron chi connectivity index (χ4n) is 1.81. The molecule has 0 spiro atoms. The van der Waals surface area contributed by atoms with E-state index in [0.717, 1.165) is 0 Å². The van der Waals surface area contributed by atoms with Crippen LogP contribution < -0.4 is 5.73 Å². The van der Waals surface area contributed by atoms with Gasteiger partial charge in [0.2, 0.25) is 5.82 Å². The van der Waals surface area contributed by atoms with Gasteiger partial charge in [-0.15, -0.1) is 0 Å². The minimum absolute atomic E-state index is 0.174. The predicted octanol–water partition coefficient (Wildman–Crippen LogP) is 3.78. The molecule has 1 aromatic heterocycles. The second-order valence-electron chi connectivity index (χ2n) is 4.13. The molecule has 4 nitrogen and oxygen atoms in total. The Morgan fingerprint density at radius 1 is 1.10 bits per heavy atom. The van der Waals surface area contributed by atoms with Gasteiger partial charge in [-0.25, -0.2) is 4.39 Å². The highest BCUT2D eigenvalue weighted by Crippen LogP contribution is 2.29. The van der Waals surface area contributed by atoms with Crippen molar-refractivity contribution in [3.63, 3.8) is 0 Å². The topological polar surface area (TPSA) is 64.9 Å². The molecule has 0 saturated heterocycles. The van der Waals surface area contributed by atoms with Gasteiger partial charge in [-0.05, 0) is 30.3 Å². The molecule has 0 aliphatic rings. The zero-order valence-corrected chi connectivity index (χ0v) is 10.9. The summed E-state index contributed by atoms with van der Waals surface area (Å²) in [5.74, 6) is -0.0196. The zero-order chi connectivity index (χ0) is 14.1. The van der Waals surface area contributed by atoms with E-state index in [4.69, 9.17) is 21.9 Å². The van der Waals surface area contributed by atoms with E-state index in [9.17, 15) is 4.39 Å². The first kappa shape index (κ1) is 12.6. The van der Waals surface area contributed by atoms with Crippen molar-refractivity contribution in [1.29, 1.82) is 0 Å². The maximum Gasteiger partial charge on any atom is 0.260 e. The highest BCUT2D eigenvalue weighted by Gasteiger charge is 2.15. The molecule has 6 heteroatoms. The van der Waals surface area contributed by atoms with Crippen LogP contribution >= 0.6 is 11.6 Å². The lowest BCUT2D eigenvalue weighted by Crippen LogP contribution is -1.90. The van der Waals surface area contributed by atoms with Crippen LogP contribution in [0.1, 0.15) is 0 Å². The molecule has 0 aliphatic heterocycles. The number of hydrogen-bond donors (Lipinski definition) is 1. The fraction of sp³-hybridized carbons (Fsp3) is 0. The number of halogens is 2. The molecule has 20 heavy (non-hydrogen) atoms. The van der Waals surface area contributed by atoms with E-state index < -0.39 is 5.82 Å². The van der Waals surface area contributed by atoms with E-state index in [1.54, 1.807) is 36.4 Å².